The molecule has 0 unspecified atom stereocenters. The molecule has 0 bridgehead atoms. The van der Waals surface area contributed by atoms with Crippen LogP contribution in [0.15, 0.2) is 65.4 Å². The number of carbonyl (C=O) groups excluding carboxylic acids is 1. The Morgan fingerprint density at radius 3 is 2.64 bits per heavy atom. The molecule has 9 nitrogen and oxygen atoms in total. The highest BCUT2D eigenvalue weighted by atomic mass is 16.3. The van der Waals surface area contributed by atoms with Crippen LogP contribution in [0.3, 0.4) is 0 Å². The number of urea groups is 1. The third kappa shape index (κ3) is 5.82. The lowest BCUT2D eigenvalue weighted by atomic mass is 9.98. The molecule has 0 spiro atoms. The van der Waals surface area contributed by atoms with Crippen LogP contribution in [-0.4, -0.2) is 49.6 Å². The molecule has 4 rings (SSSR count). The number of aromatic amines is 1. The van der Waals surface area contributed by atoms with Crippen molar-refractivity contribution in [2.45, 2.75) is 32.7 Å². The van der Waals surface area contributed by atoms with E-state index in [1.165, 1.54) is 6.26 Å². The Bertz CT molecular complexity index is 1130. The third-order valence-corrected chi connectivity index (χ3v) is 5.32. The summed E-state index contributed by atoms with van der Waals surface area (Å²) in [5.41, 5.74) is 4.05. The van der Waals surface area contributed by atoms with E-state index in [-0.39, 0.29) is 6.03 Å². The lowest BCUT2D eigenvalue weighted by molar-refractivity contribution is 0.194. The van der Waals surface area contributed by atoms with E-state index in [1.807, 2.05) is 29.2 Å². The summed E-state index contributed by atoms with van der Waals surface area (Å²) in [6, 6.07) is 16.1. The predicted octanol–water partition coefficient (Wildman–Crippen LogP) is 4.08. The molecule has 2 amide bonds. The highest BCUT2D eigenvalue weighted by Gasteiger charge is 2.15. The van der Waals surface area contributed by atoms with Gasteiger partial charge in [-0.3, -0.25) is 0 Å². The van der Waals surface area contributed by atoms with Crippen molar-refractivity contribution in [3.05, 3.63) is 72.4 Å². The van der Waals surface area contributed by atoms with Gasteiger partial charge in [0.15, 0.2) is 5.89 Å². The molecule has 0 aliphatic heterocycles. The molecule has 2 aromatic carbocycles. The first kappa shape index (κ1) is 22.2. The van der Waals surface area contributed by atoms with Crippen molar-refractivity contribution < 1.29 is 9.21 Å². The molecule has 2 N–H and O–H groups in total. The molecule has 0 aliphatic carbocycles. The number of amides is 2. The van der Waals surface area contributed by atoms with Gasteiger partial charge in [-0.05, 0) is 28.3 Å². The number of benzene rings is 2. The van der Waals surface area contributed by atoms with Gasteiger partial charge in [0.1, 0.15) is 6.26 Å². The first-order chi connectivity index (χ1) is 16.2. The van der Waals surface area contributed by atoms with Gasteiger partial charge in [-0.1, -0.05) is 61.9 Å². The number of unbranched alkanes of at least 4 members (excludes halogenated alkanes) is 1. The summed E-state index contributed by atoms with van der Waals surface area (Å²) in [5, 5.41) is 17.4. The van der Waals surface area contributed by atoms with Gasteiger partial charge in [0, 0.05) is 31.6 Å². The lowest BCUT2D eigenvalue weighted by Gasteiger charge is -2.23. The number of aromatic nitrogens is 5. The second-order valence-electron chi connectivity index (χ2n) is 7.66. The van der Waals surface area contributed by atoms with Crippen LogP contribution in [0, 0.1) is 0 Å². The first-order valence-electron chi connectivity index (χ1n) is 11.1. The van der Waals surface area contributed by atoms with Crippen molar-refractivity contribution in [3.63, 3.8) is 0 Å². The molecule has 2 heterocycles. The van der Waals surface area contributed by atoms with Crippen LogP contribution >= 0.6 is 0 Å². The van der Waals surface area contributed by atoms with Crippen LogP contribution in [0.25, 0.3) is 22.5 Å². The Kier molecular flexibility index (Phi) is 7.42. The topological polar surface area (TPSA) is 113 Å². The zero-order valence-corrected chi connectivity index (χ0v) is 18.6. The zero-order valence-electron chi connectivity index (χ0n) is 18.6. The molecule has 0 radical (unpaired) electrons. The van der Waals surface area contributed by atoms with Gasteiger partial charge < -0.3 is 14.6 Å². The number of hydrogen-bond donors (Lipinski definition) is 2. The molecule has 4 aromatic rings. The normalized spacial score (nSPS) is 10.8. The van der Waals surface area contributed by atoms with E-state index in [2.05, 4.69) is 62.1 Å². The molecule has 0 saturated heterocycles. The number of H-pyrrole nitrogens is 1. The summed E-state index contributed by atoms with van der Waals surface area (Å²) in [7, 11) is 0. The van der Waals surface area contributed by atoms with Gasteiger partial charge in [-0.2, -0.15) is 5.21 Å². The second kappa shape index (κ2) is 11.0. The molecule has 0 atom stereocenters. The van der Waals surface area contributed by atoms with E-state index in [1.54, 1.807) is 6.20 Å². The van der Waals surface area contributed by atoms with Crippen LogP contribution in [0.5, 0.6) is 0 Å². The predicted molar refractivity (Wildman–Crippen MR) is 124 cm³/mol. The van der Waals surface area contributed by atoms with Crippen LogP contribution < -0.4 is 5.32 Å². The number of nitrogens with one attached hydrogen (secondary N) is 2. The largest absolute Gasteiger partial charge is 0.449 e. The van der Waals surface area contributed by atoms with E-state index in [9.17, 15) is 4.79 Å². The van der Waals surface area contributed by atoms with Gasteiger partial charge >= 0.3 is 6.03 Å². The Morgan fingerprint density at radius 1 is 1.12 bits per heavy atom. The third-order valence-electron chi connectivity index (χ3n) is 5.32. The fraction of sp³-hybridized carbons (Fsp3) is 0.292. The monoisotopic (exact) mass is 445 g/mol. The lowest BCUT2D eigenvalue weighted by Crippen LogP contribution is -2.40. The zero-order chi connectivity index (χ0) is 22.9. The minimum atomic E-state index is -0.0819. The summed E-state index contributed by atoms with van der Waals surface area (Å²) in [6.45, 7) is 3.84. The van der Waals surface area contributed by atoms with Crippen molar-refractivity contribution in [1.82, 2.24) is 35.8 Å². The second-order valence-corrected chi connectivity index (χ2v) is 7.66. The Hall–Kier alpha value is -4.01. The summed E-state index contributed by atoms with van der Waals surface area (Å²) in [6.07, 6.45) is 5.67. The standard InChI is InChI=1S/C24H27N7O2/c1-2-3-15-31(24(32)26-13-12-22-25-14-16-33-22)17-18-8-10-19(11-9-18)20-6-4-5-7-21(20)23-27-29-30-28-23/h4-11,14,16H,2-3,12-13,15,17H2,1H3,(H,26,32)(H,27,28,29,30). The van der Waals surface area contributed by atoms with Gasteiger partial charge in [0.25, 0.3) is 0 Å². The van der Waals surface area contributed by atoms with Crippen molar-refractivity contribution >= 4 is 6.03 Å². The molecule has 0 fully saturated rings. The minimum Gasteiger partial charge on any atom is -0.449 e. The molecule has 0 saturated carbocycles. The van der Waals surface area contributed by atoms with E-state index in [0.717, 1.165) is 35.1 Å². The van der Waals surface area contributed by atoms with Crippen LogP contribution in [0.1, 0.15) is 31.2 Å². The molecule has 9 heteroatoms. The number of oxazole rings is 1. The smallest absolute Gasteiger partial charge is 0.317 e. The van der Waals surface area contributed by atoms with Crippen LogP contribution in [0.2, 0.25) is 0 Å². The van der Waals surface area contributed by atoms with Crippen molar-refractivity contribution in [3.8, 4) is 22.5 Å². The van der Waals surface area contributed by atoms with Crippen molar-refractivity contribution in [2.75, 3.05) is 13.1 Å². The number of tetrazole rings is 1. The van der Waals surface area contributed by atoms with Crippen LogP contribution in [0.4, 0.5) is 4.79 Å². The maximum atomic E-state index is 12.8. The van der Waals surface area contributed by atoms with Gasteiger partial charge in [-0.15, -0.1) is 10.2 Å². The molecule has 170 valence electrons. The minimum absolute atomic E-state index is 0.0819. The summed E-state index contributed by atoms with van der Waals surface area (Å²) < 4.78 is 5.23. The molecular formula is C24H27N7O2. The number of nitrogens with zero attached hydrogens (tertiary/aromatic N) is 5. The first-order valence-corrected chi connectivity index (χ1v) is 11.1. The maximum Gasteiger partial charge on any atom is 0.317 e. The maximum absolute atomic E-state index is 12.8. The fourth-order valence-corrected chi connectivity index (χ4v) is 3.58. The molecular weight excluding hydrogens is 418 g/mol. The van der Waals surface area contributed by atoms with E-state index >= 15 is 0 Å². The molecule has 33 heavy (non-hydrogen) atoms. The highest BCUT2D eigenvalue weighted by molar-refractivity contribution is 5.80. The fourth-order valence-electron chi connectivity index (χ4n) is 3.58. The number of hydrogen-bond acceptors (Lipinski definition) is 6. The molecule has 2 aromatic heterocycles. The van der Waals surface area contributed by atoms with E-state index in [0.29, 0.717) is 37.8 Å². The molecule has 0 aliphatic rings. The average molecular weight is 446 g/mol. The van der Waals surface area contributed by atoms with Crippen molar-refractivity contribution in [1.29, 1.82) is 0 Å². The number of carbonyl (C=O) groups is 1. The highest BCUT2D eigenvalue weighted by Crippen LogP contribution is 2.29. The van der Waals surface area contributed by atoms with Crippen molar-refractivity contribution in [2.24, 2.45) is 0 Å². The average Bonchev–Trinajstić information content (AvgIpc) is 3.57. The summed E-state index contributed by atoms with van der Waals surface area (Å²) >= 11 is 0. The number of rotatable bonds is 10. The Balaban J connectivity index is 1.43. The SMILES string of the molecule is CCCCN(Cc1ccc(-c2ccccc2-c2nn[nH]n2)cc1)C(=O)NCCc1ncco1. The van der Waals surface area contributed by atoms with Gasteiger partial charge in [0.05, 0.1) is 6.20 Å². The Morgan fingerprint density at radius 2 is 1.94 bits per heavy atom. The Labute approximate surface area is 192 Å². The van der Waals surface area contributed by atoms with E-state index < -0.39 is 0 Å². The van der Waals surface area contributed by atoms with E-state index in [4.69, 9.17) is 4.42 Å². The van der Waals surface area contributed by atoms with Gasteiger partial charge in [0.2, 0.25) is 5.82 Å². The van der Waals surface area contributed by atoms with Gasteiger partial charge in [-0.25, -0.2) is 9.78 Å². The summed E-state index contributed by atoms with van der Waals surface area (Å²) in [5.74, 6) is 1.17. The van der Waals surface area contributed by atoms with Crippen LogP contribution in [-0.2, 0) is 13.0 Å². The quantitative estimate of drug-likeness (QED) is 0.380. The summed E-state index contributed by atoms with van der Waals surface area (Å²) in [4.78, 5) is 18.7.